The van der Waals surface area contributed by atoms with Crippen LogP contribution in [-0.4, -0.2) is 23.8 Å². The Labute approximate surface area is 177 Å². The minimum atomic E-state index is -0.344. The van der Waals surface area contributed by atoms with Crippen molar-refractivity contribution >= 4 is 22.7 Å². The lowest BCUT2D eigenvalue weighted by Gasteiger charge is -2.15. The molecule has 4 aromatic rings. The van der Waals surface area contributed by atoms with Crippen LogP contribution in [0.2, 0.25) is 0 Å². The van der Waals surface area contributed by atoms with E-state index in [2.05, 4.69) is 0 Å². The third-order valence-corrected chi connectivity index (χ3v) is 5.64. The Kier molecular flexibility index (Phi) is 5.72. The first-order chi connectivity index (χ1) is 14.6. The van der Waals surface area contributed by atoms with Crippen molar-refractivity contribution in [2.24, 2.45) is 0 Å². The topological polar surface area (TPSA) is 53.4 Å². The summed E-state index contributed by atoms with van der Waals surface area (Å²) >= 11 is 1.34. The molecule has 7 heteroatoms. The van der Waals surface area contributed by atoms with Crippen LogP contribution in [0.15, 0.2) is 76.7 Å². The van der Waals surface area contributed by atoms with E-state index in [0.717, 1.165) is 0 Å². The first-order valence-electron chi connectivity index (χ1n) is 9.22. The number of methoxy groups -OCH3 is 2. The average molecular weight is 422 g/mol. The third-order valence-electron chi connectivity index (χ3n) is 4.66. The molecule has 1 heterocycles. The molecule has 0 saturated heterocycles. The molecule has 0 saturated carbocycles. The molecule has 30 heavy (non-hydrogen) atoms. The largest absolute Gasteiger partial charge is 0.497 e. The summed E-state index contributed by atoms with van der Waals surface area (Å²) in [5.41, 5.74) is 1.76. The van der Waals surface area contributed by atoms with E-state index in [1.807, 2.05) is 30.3 Å². The molecule has 0 aliphatic heterocycles. The molecule has 5 nitrogen and oxygen atoms in total. The number of hydrogen-bond donors (Lipinski definition) is 0. The SMILES string of the molecule is COc1cccc(-n2c(SCc3cc(F)ccc3OC)nc3ccccc3c2=O)c1. The lowest BCUT2D eigenvalue weighted by Crippen LogP contribution is -2.21. The summed E-state index contributed by atoms with van der Waals surface area (Å²) < 4.78 is 26.0. The van der Waals surface area contributed by atoms with Crippen LogP contribution < -0.4 is 15.0 Å². The Bertz CT molecular complexity index is 1270. The maximum absolute atomic E-state index is 13.8. The van der Waals surface area contributed by atoms with Gasteiger partial charge in [-0.3, -0.25) is 9.36 Å². The summed E-state index contributed by atoms with van der Waals surface area (Å²) in [5, 5.41) is 1.02. The van der Waals surface area contributed by atoms with Gasteiger partial charge >= 0.3 is 0 Å². The highest BCUT2D eigenvalue weighted by molar-refractivity contribution is 7.98. The maximum Gasteiger partial charge on any atom is 0.266 e. The standard InChI is InChI=1S/C23H19FN2O3S/c1-28-18-7-5-6-17(13-18)26-22(27)19-8-3-4-9-20(19)25-23(26)30-14-15-12-16(24)10-11-21(15)29-2/h3-13H,14H2,1-2H3. The quantitative estimate of drug-likeness (QED) is 0.329. The molecule has 0 aliphatic rings. The van der Waals surface area contributed by atoms with Crippen LogP contribution in [-0.2, 0) is 5.75 Å². The van der Waals surface area contributed by atoms with Gasteiger partial charge in [0.15, 0.2) is 5.16 Å². The molecule has 0 spiro atoms. The van der Waals surface area contributed by atoms with E-state index in [4.69, 9.17) is 14.5 Å². The Morgan fingerprint density at radius 1 is 1.00 bits per heavy atom. The van der Waals surface area contributed by atoms with E-state index in [9.17, 15) is 9.18 Å². The number of fused-ring (bicyclic) bond motifs is 1. The fourth-order valence-corrected chi connectivity index (χ4v) is 4.18. The molecule has 0 atom stereocenters. The molecule has 4 rings (SSSR count). The number of benzene rings is 3. The molecule has 152 valence electrons. The van der Waals surface area contributed by atoms with Gasteiger partial charge in [-0.25, -0.2) is 9.37 Å². The minimum absolute atomic E-state index is 0.178. The van der Waals surface area contributed by atoms with Crippen molar-refractivity contribution in [1.29, 1.82) is 0 Å². The zero-order valence-electron chi connectivity index (χ0n) is 16.5. The predicted molar refractivity (Wildman–Crippen MR) is 116 cm³/mol. The number of hydrogen-bond acceptors (Lipinski definition) is 5. The Morgan fingerprint density at radius 2 is 1.83 bits per heavy atom. The highest BCUT2D eigenvalue weighted by Gasteiger charge is 2.15. The summed E-state index contributed by atoms with van der Waals surface area (Å²) in [6.07, 6.45) is 0. The second-order valence-corrected chi connectivity index (χ2v) is 7.44. The number of rotatable bonds is 6. The van der Waals surface area contributed by atoms with Crippen LogP contribution in [0.1, 0.15) is 5.56 Å². The predicted octanol–water partition coefficient (Wildman–Crippen LogP) is 4.83. The molecule has 3 aromatic carbocycles. The average Bonchev–Trinajstić information content (AvgIpc) is 2.78. The van der Waals surface area contributed by atoms with Gasteiger partial charge in [0.25, 0.3) is 5.56 Å². The van der Waals surface area contributed by atoms with Crippen LogP contribution in [0.25, 0.3) is 16.6 Å². The maximum atomic E-state index is 13.8. The van der Waals surface area contributed by atoms with Crippen LogP contribution in [0.3, 0.4) is 0 Å². The van der Waals surface area contributed by atoms with Gasteiger partial charge in [-0.15, -0.1) is 0 Å². The van der Waals surface area contributed by atoms with Gasteiger partial charge in [0.1, 0.15) is 17.3 Å². The first kappa shape index (κ1) is 20.0. The van der Waals surface area contributed by atoms with Gasteiger partial charge in [-0.05, 0) is 42.5 Å². The van der Waals surface area contributed by atoms with Gasteiger partial charge in [0.2, 0.25) is 0 Å². The molecule has 0 radical (unpaired) electrons. The summed E-state index contributed by atoms with van der Waals surface area (Å²) in [6.45, 7) is 0. The first-order valence-corrected chi connectivity index (χ1v) is 10.2. The molecular weight excluding hydrogens is 403 g/mol. The van der Waals surface area contributed by atoms with Gasteiger partial charge < -0.3 is 9.47 Å². The van der Waals surface area contributed by atoms with Gasteiger partial charge in [-0.1, -0.05) is 30.0 Å². The third kappa shape index (κ3) is 3.89. The van der Waals surface area contributed by atoms with E-state index >= 15 is 0 Å². The number of halogens is 1. The fraction of sp³-hybridized carbons (Fsp3) is 0.130. The zero-order chi connectivity index (χ0) is 21.1. The number of ether oxygens (including phenoxy) is 2. The van der Waals surface area contributed by atoms with Crippen molar-refractivity contribution in [1.82, 2.24) is 9.55 Å². The lowest BCUT2D eigenvalue weighted by atomic mass is 10.2. The van der Waals surface area contributed by atoms with Crippen LogP contribution in [0.4, 0.5) is 4.39 Å². The minimum Gasteiger partial charge on any atom is -0.497 e. The molecule has 0 bridgehead atoms. The Balaban J connectivity index is 1.84. The van der Waals surface area contributed by atoms with Crippen molar-refractivity contribution in [3.63, 3.8) is 0 Å². The summed E-state index contributed by atoms with van der Waals surface area (Å²) in [5.74, 6) is 1.26. The molecule has 0 aliphatic carbocycles. The number of thioether (sulfide) groups is 1. The number of aromatic nitrogens is 2. The molecule has 1 aromatic heterocycles. The molecule has 0 amide bonds. The summed E-state index contributed by atoms with van der Waals surface area (Å²) in [6, 6.07) is 18.8. The lowest BCUT2D eigenvalue weighted by molar-refractivity contribution is 0.410. The van der Waals surface area contributed by atoms with Crippen molar-refractivity contribution < 1.29 is 13.9 Å². The smallest absolute Gasteiger partial charge is 0.266 e. The fourth-order valence-electron chi connectivity index (χ4n) is 3.19. The van der Waals surface area contributed by atoms with Crippen molar-refractivity contribution in [3.8, 4) is 17.2 Å². The second kappa shape index (κ2) is 8.59. The number of nitrogens with zero attached hydrogens (tertiary/aromatic N) is 2. The van der Waals surface area contributed by atoms with E-state index in [-0.39, 0.29) is 11.4 Å². The van der Waals surface area contributed by atoms with E-state index in [0.29, 0.717) is 44.6 Å². The second-order valence-electron chi connectivity index (χ2n) is 6.50. The Morgan fingerprint density at radius 3 is 2.63 bits per heavy atom. The monoisotopic (exact) mass is 422 g/mol. The molecule has 0 N–H and O–H groups in total. The van der Waals surface area contributed by atoms with E-state index < -0.39 is 0 Å². The van der Waals surface area contributed by atoms with Crippen molar-refractivity contribution in [2.45, 2.75) is 10.9 Å². The molecule has 0 unspecified atom stereocenters. The van der Waals surface area contributed by atoms with Crippen LogP contribution in [0, 0.1) is 5.82 Å². The van der Waals surface area contributed by atoms with Crippen molar-refractivity contribution in [2.75, 3.05) is 14.2 Å². The highest BCUT2D eigenvalue weighted by Crippen LogP contribution is 2.30. The van der Waals surface area contributed by atoms with E-state index in [1.54, 1.807) is 43.1 Å². The number of para-hydroxylation sites is 1. The molecular formula is C23H19FN2O3S. The van der Waals surface area contributed by atoms with Gasteiger partial charge in [0, 0.05) is 17.4 Å². The van der Waals surface area contributed by atoms with Gasteiger partial charge in [-0.2, -0.15) is 0 Å². The van der Waals surface area contributed by atoms with Gasteiger partial charge in [0.05, 0.1) is 30.8 Å². The van der Waals surface area contributed by atoms with Crippen molar-refractivity contribution in [3.05, 3.63) is 88.5 Å². The normalized spacial score (nSPS) is 10.9. The zero-order valence-corrected chi connectivity index (χ0v) is 17.3. The molecule has 0 fully saturated rings. The highest BCUT2D eigenvalue weighted by atomic mass is 32.2. The van der Waals surface area contributed by atoms with Crippen LogP contribution in [0.5, 0.6) is 11.5 Å². The van der Waals surface area contributed by atoms with Crippen LogP contribution >= 0.6 is 11.8 Å². The van der Waals surface area contributed by atoms with E-state index in [1.165, 1.54) is 23.9 Å². The summed E-state index contributed by atoms with van der Waals surface area (Å²) in [4.78, 5) is 18.0. The Hall–Kier alpha value is -3.32. The summed E-state index contributed by atoms with van der Waals surface area (Å²) in [7, 11) is 3.12.